The molecule has 0 spiro atoms. The summed E-state index contributed by atoms with van der Waals surface area (Å²) in [5.41, 5.74) is 0. The third-order valence-electron chi connectivity index (χ3n) is 2.81. The summed E-state index contributed by atoms with van der Waals surface area (Å²) in [5.74, 6) is 0. The molecule has 1 N–H and O–H groups in total. The van der Waals surface area contributed by atoms with E-state index in [2.05, 4.69) is 4.90 Å². The van der Waals surface area contributed by atoms with Gasteiger partial charge in [0, 0.05) is 26.2 Å². The number of rotatable bonds is 4. The van der Waals surface area contributed by atoms with Gasteiger partial charge in [-0.15, -0.1) is 0 Å². The average molecular weight is 240 g/mol. The first kappa shape index (κ1) is 13.7. The molecular weight excluding hydrogens is 221 g/mol. The van der Waals surface area contributed by atoms with Crippen molar-refractivity contribution in [1.82, 2.24) is 9.80 Å². The molecule has 3 nitrogen and oxygen atoms in total. The van der Waals surface area contributed by atoms with Crippen molar-refractivity contribution in [2.45, 2.75) is 19.0 Å². The Balaban J connectivity index is 2.25. The van der Waals surface area contributed by atoms with Crippen LogP contribution in [0.2, 0.25) is 0 Å². The molecule has 0 bridgehead atoms. The molecule has 0 radical (unpaired) electrons. The Kier molecular flexibility index (Phi) is 5.51. The highest BCUT2D eigenvalue weighted by Crippen LogP contribution is 2.20. The number of alkyl halides is 3. The van der Waals surface area contributed by atoms with Gasteiger partial charge in [0.25, 0.3) is 0 Å². The normalized spacial score (nSPS) is 21.0. The summed E-state index contributed by atoms with van der Waals surface area (Å²) in [6, 6.07) is 0. The first-order valence-electron chi connectivity index (χ1n) is 5.63. The van der Waals surface area contributed by atoms with E-state index in [1.54, 1.807) is 0 Å². The maximum absolute atomic E-state index is 12.0. The fourth-order valence-corrected chi connectivity index (χ4v) is 1.90. The molecule has 1 heterocycles. The monoisotopic (exact) mass is 240 g/mol. The topological polar surface area (TPSA) is 26.7 Å². The average Bonchev–Trinajstić information content (AvgIpc) is 2.40. The predicted molar refractivity (Wildman–Crippen MR) is 55.3 cm³/mol. The molecule has 0 unspecified atom stereocenters. The summed E-state index contributed by atoms with van der Waals surface area (Å²) in [6.07, 6.45) is -3.91. The molecule has 0 aliphatic carbocycles. The molecule has 6 heteroatoms. The second-order valence-corrected chi connectivity index (χ2v) is 4.13. The lowest BCUT2D eigenvalue weighted by atomic mass is 10.3. The van der Waals surface area contributed by atoms with Crippen molar-refractivity contribution in [2.24, 2.45) is 0 Å². The zero-order valence-corrected chi connectivity index (χ0v) is 9.34. The molecule has 96 valence electrons. The van der Waals surface area contributed by atoms with Gasteiger partial charge >= 0.3 is 6.18 Å². The third kappa shape index (κ3) is 5.67. The molecule has 1 aliphatic rings. The Morgan fingerprint density at radius 3 is 2.00 bits per heavy atom. The Morgan fingerprint density at radius 1 is 0.938 bits per heavy atom. The van der Waals surface area contributed by atoms with Crippen LogP contribution in [0.4, 0.5) is 13.2 Å². The number of β-amino-alcohol motifs (C(OH)–C–C–N with tert-alkyl or cyclic N) is 1. The van der Waals surface area contributed by atoms with E-state index >= 15 is 0 Å². The zero-order valence-electron chi connectivity index (χ0n) is 9.34. The van der Waals surface area contributed by atoms with Gasteiger partial charge in [-0.1, -0.05) is 0 Å². The van der Waals surface area contributed by atoms with Crippen molar-refractivity contribution in [2.75, 3.05) is 45.9 Å². The van der Waals surface area contributed by atoms with Gasteiger partial charge in [0.05, 0.1) is 13.0 Å². The summed E-state index contributed by atoms with van der Waals surface area (Å²) in [6.45, 7) is 3.82. The van der Waals surface area contributed by atoms with Crippen LogP contribution in [-0.2, 0) is 0 Å². The highest BCUT2D eigenvalue weighted by Gasteiger charge is 2.28. The fourth-order valence-electron chi connectivity index (χ4n) is 1.90. The van der Waals surface area contributed by atoms with Gasteiger partial charge in [-0.25, -0.2) is 0 Å². The van der Waals surface area contributed by atoms with Gasteiger partial charge in [-0.05, 0) is 19.5 Å². The largest absolute Gasteiger partial charge is 0.395 e. The Bertz CT molecular complexity index is 199. The third-order valence-corrected chi connectivity index (χ3v) is 2.81. The van der Waals surface area contributed by atoms with Gasteiger partial charge in [0.15, 0.2) is 0 Å². The SMILES string of the molecule is OCCN1CCCN(CCC(F)(F)F)CC1. The molecule has 0 aromatic heterocycles. The van der Waals surface area contributed by atoms with Crippen LogP contribution in [0.5, 0.6) is 0 Å². The number of aliphatic hydroxyl groups is 1. The Labute approximate surface area is 93.8 Å². The lowest BCUT2D eigenvalue weighted by Crippen LogP contribution is -2.34. The minimum absolute atomic E-state index is 0.0937. The maximum atomic E-state index is 12.0. The summed E-state index contributed by atoms with van der Waals surface area (Å²) < 4.78 is 36.1. The lowest BCUT2D eigenvalue weighted by molar-refractivity contribution is -0.137. The van der Waals surface area contributed by atoms with E-state index in [-0.39, 0.29) is 13.2 Å². The molecule has 0 amide bonds. The van der Waals surface area contributed by atoms with E-state index in [4.69, 9.17) is 5.11 Å². The maximum Gasteiger partial charge on any atom is 0.390 e. The Morgan fingerprint density at radius 2 is 1.50 bits per heavy atom. The van der Waals surface area contributed by atoms with Crippen LogP contribution in [0.1, 0.15) is 12.8 Å². The van der Waals surface area contributed by atoms with Crippen molar-refractivity contribution in [3.05, 3.63) is 0 Å². The molecule has 1 rings (SSSR count). The van der Waals surface area contributed by atoms with Crippen molar-refractivity contribution in [3.8, 4) is 0 Å². The van der Waals surface area contributed by atoms with E-state index in [1.165, 1.54) is 0 Å². The molecule has 0 aromatic carbocycles. The number of hydrogen-bond donors (Lipinski definition) is 1. The molecule has 0 atom stereocenters. The van der Waals surface area contributed by atoms with Crippen molar-refractivity contribution >= 4 is 0 Å². The first-order valence-corrected chi connectivity index (χ1v) is 5.63. The highest BCUT2D eigenvalue weighted by atomic mass is 19.4. The molecule has 0 saturated carbocycles. The minimum atomic E-state index is -4.06. The summed E-state index contributed by atoms with van der Waals surface area (Å²) in [5, 5.41) is 8.78. The molecule has 1 saturated heterocycles. The van der Waals surface area contributed by atoms with E-state index in [1.807, 2.05) is 4.90 Å². The summed E-state index contributed by atoms with van der Waals surface area (Å²) in [7, 11) is 0. The summed E-state index contributed by atoms with van der Waals surface area (Å²) in [4.78, 5) is 3.94. The van der Waals surface area contributed by atoms with Gasteiger partial charge in [-0.3, -0.25) is 4.90 Å². The van der Waals surface area contributed by atoms with Gasteiger partial charge in [-0.2, -0.15) is 13.2 Å². The molecular formula is C10H19F3N2O. The van der Waals surface area contributed by atoms with Crippen LogP contribution in [0, 0.1) is 0 Å². The number of halogens is 3. The standard InChI is InChI=1S/C10H19F3N2O/c11-10(12,13)2-5-14-3-1-4-15(7-6-14)8-9-16/h16H,1-9H2. The molecule has 0 aromatic rings. The minimum Gasteiger partial charge on any atom is -0.395 e. The van der Waals surface area contributed by atoms with Gasteiger partial charge < -0.3 is 10.0 Å². The first-order chi connectivity index (χ1) is 7.51. The van der Waals surface area contributed by atoms with E-state index in [0.29, 0.717) is 13.1 Å². The molecule has 1 fully saturated rings. The number of hydrogen-bond acceptors (Lipinski definition) is 3. The molecule has 1 aliphatic heterocycles. The van der Waals surface area contributed by atoms with E-state index < -0.39 is 12.6 Å². The second kappa shape index (κ2) is 6.42. The van der Waals surface area contributed by atoms with Gasteiger partial charge in [0.1, 0.15) is 0 Å². The predicted octanol–water partition coefficient (Wildman–Crippen LogP) is 0.939. The van der Waals surface area contributed by atoms with Crippen LogP contribution in [0.15, 0.2) is 0 Å². The number of nitrogens with zero attached hydrogens (tertiary/aromatic N) is 2. The lowest BCUT2D eigenvalue weighted by Gasteiger charge is -2.21. The van der Waals surface area contributed by atoms with Crippen molar-refractivity contribution in [1.29, 1.82) is 0 Å². The van der Waals surface area contributed by atoms with E-state index in [9.17, 15) is 13.2 Å². The Hall–Kier alpha value is -0.330. The molecule has 16 heavy (non-hydrogen) atoms. The second-order valence-electron chi connectivity index (χ2n) is 4.13. The highest BCUT2D eigenvalue weighted by molar-refractivity contribution is 4.70. The van der Waals surface area contributed by atoms with Crippen molar-refractivity contribution < 1.29 is 18.3 Å². The quantitative estimate of drug-likeness (QED) is 0.792. The van der Waals surface area contributed by atoms with Crippen LogP contribution in [0.3, 0.4) is 0 Å². The smallest absolute Gasteiger partial charge is 0.390 e. The van der Waals surface area contributed by atoms with Crippen LogP contribution >= 0.6 is 0 Å². The summed E-state index contributed by atoms with van der Waals surface area (Å²) >= 11 is 0. The van der Waals surface area contributed by atoms with Gasteiger partial charge in [0.2, 0.25) is 0 Å². The van der Waals surface area contributed by atoms with Crippen LogP contribution < -0.4 is 0 Å². The zero-order chi connectivity index (χ0) is 12.0. The fraction of sp³-hybridized carbons (Fsp3) is 1.00. The van der Waals surface area contributed by atoms with Crippen LogP contribution in [-0.4, -0.2) is 67.0 Å². The number of aliphatic hydroxyl groups excluding tert-OH is 1. The van der Waals surface area contributed by atoms with Crippen LogP contribution in [0.25, 0.3) is 0 Å². The van der Waals surface area contributed by atoms with Crippen molar-refractivity contribution in [3.63, 3.8) is 0 Å². The van der Waals surface area contributed by atoms with E-state index in [0.717, 1.165) is 26.1 Å².